The molecule has 0 saturated carbocycles. The van der Waals surface area contributed by atoms with E-state index in [1.54, 1.807) is 23.2 Å². The fraction of sp³-hybridized carbons (Fsp3) is 0.250. The number of aromatic nitrogens is 3. The number of benzene rings is 1. The van der Waals surface area contributed by atoms with Crippen LogP contribution in [-0.4, -0.2) is 32.7 Å². The van der Waals surface area contributed by atoms with E-state index in [1.807, 2.05) is 30.3 Å². The zero-order valence-electron chi connectivity index (χ0n) is 14.3. The van der Waals surface area contributed by atoms with Crippen molar-refractivity contribution in [3.05, 3.63) is 81.9 Å². The smallest absolute Gasteiger partial charge is 0.258 e. The van der Waals surface area contributed by atoms with Gasteiger partial charge in [0.1, 0.15) is 0 Å². The molecule has 0 saturated heterocycles. The highest BCUT2D eigenvalue weighted by Crippen LogP contribution is 2.13. The minimum Gasteiger partial charge on any atom is -0.348 e. The molecule has 1 aromatic carbocycles. The standard InChI is InChI=1S/C20H18N4O2/c25-20-18-14-23(11-4-7-17-8-10-22-26-17)12-9-19(18)21-15-24(20)13-16-5-2-1-3-6-16/h1-3,5-6,8,10,15H,9,11-14H2. The van der Waals surface area contributed by atoms with E-state index >= 15 is 0 Å². The van der Waals surface area contributed by atoms with E-state index < -0.39 is 0 Å². The molecule has 0 fully saturated rings. The topological polar surface area (TPSA) is 64.2 Å². The van der Waals surface area contributed by atoms with E-state index in [0.29, 0.717) is 25.4 Å². The summed E-state index contributed by atoms with van der Waals surface area (Å²) < 4.78 is 6.64. The predicted octanol–water partition coefficient (Wildman–Crippen LogP) is 1.69. The van der Waals surface area contributed by atoms with Gasteiger partial charge in [0.15, 0.2) is 0 Å². The zero-order chi connectivity index (χ0) is 17.8. The Bertz CT molecular complexity index is 998. The molecule has 3 heterocycles. The molecule has 0 amide bonds. The van der Waals surface area contributed by atoms with Gasteiger partial charge in [0, 0.05) is 25.6 Å². The van der Waals surface area contributed by atoms with E-state index in [4.69, 9.17) is 4.52 Å². The predicted molar refractivity (Wildman–Crippen MR) is 96.4 cm³/mol. The second-order valence-electron chi connectivity index (χ2n) is 6.23. The summed E-state index contributed by atoms with van der Waals surface area (Å²) in [6, 6.07) is 11.7. The second-order valence-corrected chi connectivity index (χ2v) is 6.23. The second kappa shape index (κ2) is 7.38. The van der Waals surface area contributed by atoms with Crippen LogP contribution in [-0.2, 0) is 19.5 Å². The Kier molecular flexibility index (Phi) is 4.63. The van der Waals surface area contributed by atoms with Crippen molar-refractivity contribution < 1.29 is 4.52 Å². The van der Waals surface area contributed by atoms with E-state index in [-0.39, 0.29) is 5.56 Å². The molecule has 0 aliphatic carbocycles. The summed E-state index contributed by atoms with van der Waals surface area (Å²) in [5.41, 5.74) is 2.79. The molecule has 0 spiro atoms. The minimum absolute atomic E-state index is 0.0340. The maximum atomic E-state index is 12.9. The monoisotopic (exact) mass is 346 g/mol. The zero-order valence-corrected chi connectivity index (χ0v) is 14.3. The quantitative estimate of drug-likeness (QED) is 0.675. The molecule has 0 N–H and O–H groups in total. The van der Waals surface area contributed by atoms with Crippen LogP contribution in [0, 0.1) is 11.8 Å². The third kappa shape index (κ3) is 3.58. The van der Waals surface area contributed by atoms with Crippen LogP contribution >= 0.6 is 0 Å². The number of fused-ring (bicyclic) bond motifs is 1. The van der Waals surface area contributed by atoms with Gasteiger partial charge in [0.05, 0.1) is 36.9 Å². The Balaban J connectivity index is 1.50. The summed E-state index contributed by atoms with van der Waals surface area (Å²) in [6.45, 7) is 2.52. The fourth-order valence-corrected chi connectivity index (χ4v) is 3.05. The van der Waals surface area contributed by atoms with E-state index in [2.05, 4.69) is 26.9 Å². The first kappa shape index (κ1) is 16.3. The van der Waals surface area contributed by atoms with Crippen molar-refractivity contribution in [1.29, 1.82) is 0 Å². The third-order valence-electron chi connectivity index (χ3n) is 4.41. The van der Waals surface area contributed by atoms with Crippen molar-refractivity contribution in [1.82, 2.24) is 19.6 Å². The van der Waals surface area contributed by atoms with Crippen molar-refractivity contribution >= 4 is 0 Å². The average Bonchev–Trinajstić information content (AvgIpc) is 3.19. The number of hydrogen-bond donors (Lipinski definition) is 0. The fourth-order valence-electron chi connectivity index (χ4n) is 3.05. The summed E-state index contributed by atoms with van der Waals surface area (Å²) in [7, 11) is 0. The van der Waals surface area contributed by atoms with Gasteiger partial charge in [-0.3, -0.25) is 14.3 Å². The van der Waals surface area contributed by atoms with Crippen LogP contribution in [0.4, 0.5) is 0 Å². The van der Waals surface area contributed by atoms with Gasteiger partial charge in [-0.2, -0.15) is 0 Å². The van der Waals surface area contributed by atoms with Crippen molar-refractivity contribution in [2.75, 3.05) is 13.1 Å². The lowest BCUT2D eigenvalue weighted by Crippen LogP contribution is -2.38. The van der Waals surface area contributed by atoms with Gasteiger partial charge in [0.2, 0.25) is 5.76 Å². The molecular formula is C20H18N4O2. The summed E-state index contributed by atoms with van der Waals surface area (Å²) in [4.78, 5) is 19.5. The Morgan fingerprint density at radius 3 is 2.88 bits per heavy atom. The minimum atomic E-state index is 0.0340. The highest BCUT2D eigenvalue weighted by atomic mass is 16.5. The van der Waals surface area contributed by atoms with Crippen LogP contribution in [0.5, 0.6) is 0 Å². The van der Waals surface area contributed by atoms with Gasteiger partial charge in [-0.1, -0.05) is 41.4 Å². The van der Waals surface area contributed by atoms with Gasteiger partial charge in [-0.05, 0) is 11.5 Å². The molecule has 6 heteroatoms. The maximum Gasteiger partial charge on any atom is 0.258 e. The van der Waals surface area contributed by atoms with Crippen LogP contribution in [0.2, 0.25) is 0 Å². The molecule has 6 nitrogen and oxygen atoms in total. The van der Waals surface area contributed by atoms with Crippen LogP contribution < -0.4 is 5.56 Å². The Labute approximate surface area is 151 Å². The van der Waals surface area contributed by atoms with Crippen molar-refractivity contribution in [2.45, 2.75) is 19.5 Å². The Hall–Kier alpha value is -3.17. The molecule has 4 rings (SSSR count). The molecule has 0 atom stereocenters. The molecule has 2 aromatic heterocycles. The first-order valence-corrected chi connectivity index (χ1v) is 8.52. The van der Waals surface area contributed by atoms with Crippen LogP contribution in [0.25, 0.3) is 0 Å². The van der Waals surface area contributed by atoms with Crippen molar-refractivity contribution in [2.24, 2.45) is 0 Å². The largest absolute Gasteiger partial charge is 0.348 e. The van der Waals surface area contributed by atoms with E-state index in [1.165, 1.54) is 0 Å². The first-order chi connectivity index (χ1) is 12.8. The molecule has 1 aliphatic rings. The summed E-state index contributed by atoms with van der Waals surface area (Å²) in [6.07, 6.45) is 4.00. The van der Waals surface area contributed by atoms with E-state index in [9.17, 15) is 4.79 Å². The summed E-state index contributed by atoms with van der Waals surface area (Å²) in [5.74, 6) is 6.56. The average molecular weight is 346 g/mol. The van der Waals surface area contributed by atoms with Crippen molar-refractivity contribution in [3.8, 4) is 11.8 Å². The lowest BCUT2D eigenvalue weighted by molar-refractivity contribution is 0.280. The van der Waals surface area contributed by atoms with Crippen LogP contribution in [0.1, 0.15) is 22.6 Å². The van der Waals surface area contributed by atoms with Gasteiger partial charge in [-0.15, -0.1) is 0 Å². The lowest BCUT2D eigenvalue weighted by Gasteiger charge is -2.26. The van der Waals surface area contributed by atoms with E-state index in [0.717, 1.165) is 29.8 Å². The molecule has 130 valence electrons. The van der Waals surface area contributed by atoms with Gasteiger partial charge >= 0.3 is 0 Å². The van der Waals surface area contributed by atoms with Gasteiger partial charge in [0.25, 0.3) is 5.56 Å². The molecule has 0 unspecified atom stereocenters. The molecular weight excluding hydrogens is 328 g/mol. The van der Waals surface area contributed by atoms with Gasteiger partial charge < -0.3 is 4.52 Å². The number of nitrogens with zero attached hydrogens (tertiary/aromatic N) is 4. The summed E-state index contributed by atoms with van der Waals surface area (Å²) in [5, 5.41) is 3.63. The Morgan fingerprint density at radius 2 is 2.08 bits per heavy atom. The third-order valence-corrected chi connectivity index (χ3v) is 4.41. The normalized spacial score (nSPS) is 13.7. The van der Waals surface area contributed by atoms with Crippen LogP contribution in [0.15, 0.2) is 58.2 Å². The molecule has 0 radical (unpaired) electrons. The highest BCUT2D eigenvalue weighted by molar-refractivity contribution is 5.25. The molecule has 1 aliphatic heterocycles. The van der Waals surface area contributed by atoms with Gasteiger partial charge in [-0.25, -0.2) is 4.98 Å². The SMILES string of the molecule is O=c1c2c(ncn1Cc1ccccc1)CCN(CC#Cc1ccno1)C2. The summed E-state index contributed by atoms with van der Waals surface area (Å²) >= 11 is 0. The maximum absolute atomic E-state index is 12.9. The molecule has 3 aromatic rings. The molecule has 0 bridgehead atoms. The lowest BCUT2D eigenvalue weighted by atomic mass is 10.1. The number of hydrogen-bond acceptors (Lipinski definition) is 5. The number of rotatable bonds is 3. The Morgan fingerprint density at radius 1 is 1.19 bits per heavy atom. The first-order valence-electron chi connectivity index (χ1n) is 8.52. The highest BCUT2D eigenvalue weighted by Gasteiger charge is 2.20. The molecule has 26 heavy (non-hydrogen) atoms. The van der Waals surface area contributed by atoms with Crippen LogP contribution in [0.3, 0.4) is 0 Å². The van der Waals surface area contributed by atoms with Crippen molar-refractivity contribution in [3.63, 3.8) is 0 Å².